The summed E-state index contributed by atoms with van der Waals surface area (Å²) in [4.78, 5) is 3.11. The molecule has 0 amide bonds. The summed E-state index contributed by atoms with van der Waals surface area (Å²) in [6, 6.07) is 8.45. The molecule has 0 unspecified atom stereocenters. The normalized spacial score (nSPS) is 26.2. The molecule has 4 nitrogen and oxygen atoms in total. The van der Waals surface area contributed by atoms with Crippen LogP contribution in [0.1, 0.15) is 57.6 Å². The van der Waals surface area contributed by atoms with Gasteiger partial charge in [-0.25, -0.2) is 0 Å². The van der Waals surface area contributed by atoms with Crippen LogP contribution < -0.4 is 0 Å². The van der Waals surface area contributed by atoms with Crippen molar-refractivity contribution in [2.45, 2.75) is 57.4 Å². The average molecular weight is 287 g/mol. The molecule has 0 radical (unpaired) electrons. The van der Waals surface area contributed by atoms with Gasteiger partial charge in [-0.05, 0) is 53.7 Å². The molecule has 1 aromatic carbocycles. The predicted octanol–water partition coefficient (Wildman–Crippen LogP) is 4.67. The first-order valence-corrected chi connectivity index (χ1v) is 7.69. The van der Waals surface area contributed by atoms with Crippen molar-refractivity contribution in [3.8, 4) is 0 Å². The Morgan fingerprint density at radius 2 is 2.00 bits per heavy atom. The fourth-order valence-corrected chi connectivity index (χ4v) is 3.14. The van der Waals surface area contributed by atoms with Gasteiger partial charge in [-0.15, -0.1) is 0 Å². The Hall–Kier alpha value is -1.51. The largest absolute Gasteiger partial charge is 0.396 e. The summed E-state index contributed by atoms with van der Waals surface area (Å²) in [6.07, 6.45) is 3.45. The first kappa shape index (κ1) is 15.9. The Morgan fingerprint density at radius 1 is 1.33 bits per heavy atom. The molecule has 1 N–H and O–H groups in total. The molecule has 0 aliphatic heterocycles. The topological polar surface area (TPSA) is 69.0 Å². The van der Waals surface area contributed by atoms with Crippen molar-refractivity contribution >= 4 is 0 Å². The molecule has 1 aliphatic carbocycles. The zero-order chi connectivity index (χ0) is 15.5. The second kappa shape index (κ2) is 6.08. The molecule has 1 aliphatic rings. The molecule has 0 bridgehead atoms. The minimum Gasteiger partial charge on any atom is -0.396 e. The van der Waals surface area contributed by atoms with E-state index in [9.17, 15) is 5.11 Å². The molecule has 21 heavy (non-hydrogen) atoms. The molecule has 0 spiro atoms. The van der Waals surface area contributed by atoms with E-state index < -0.39 is 5.54 Å². The van der Waals surface area contributed by atoms with Crippen LogP contribution in [0.3, 0.4) is 0 Å². The van der Waals surface area contributed by atoms with E-state index in [0.717, 1.165) is 31.2 Å². The molecule has 0 atom stereocenters. The van der Waals surface area contributed by atoms with Crippen molar-refractivity contribution < 1.29 is 5.11 Å². The molecular weight excluding hydrogens is 262 g/mol. The number of hydrogen-bond acceptors (Lipinski definition) is 2. The van der Waals surface area contributed by atoms with Crippen molar-refractivity contribution in [1.29, 1.82) is 0 Å². The second-order valence-electron chi connectivity index (χ2n) is 7.18. The Labute approximate surface area is 126 Å². The van der Waals surface area contributed by atoms with E-state index in [4.69, 9.17) is 5.53 Å². The zero-order valence-corrected chi connectivity index (χ0v) is 13.2. The van der Waals surface area contributed by atoms with Crippen LogP contribution in [0.4, 0.5) is 0 Å². The van der Waals surface area contributed by atoms with E-state index in [-0.39, 0.29) is 12.0 Å². The average Bonchev–Trinajstić information content (AvgIpc) is 2.47. The Bertz CT molecular complexity index is 533. The van der Waals surface area contributed by atoms with E-state index in [1.54, 1.807) is 0 Å². The fraction of sp³-hybridized carbons (Fsp3) is 0.647. The Kier molecular flexibility index (Phi) is 4.60. The highest BCUT2D eigenvalue weighted by Gasteiger charge is 2.36. The van der Waals surface area contributed by atoms with Gasteiger partial charge >= 0.3 is 0 Å². The third kappa shape index (κ3) is 3.39. The van der Waals surface area contributed by atoms with Crippen molar-refractivity contribution in [1.82, 2.24) is 0 Å². The van der Waals surface area contributed by atoms with Gasteiger partial charge in [0.1, 0.15) is 0 Å². The zero-order valence-electron chi connectivity index (χ0n) is 13.2. The minimum absolute atomic E-state index is 0.0792. The first-order chi connectivity index (χ1) is 9.91. The highest BCUT2D eigenvalue weighted by atomic mass is 16.3. The summed E-state index contributed by atoms with van der Waals surface area (Å²) in [5.41, 5.74) is 11.0. The van der Waals surface area contributed by atoms with Gasteiger partial charge in [-0.1, -0.05) is 50.2 Å². The van der Waals surface area contributed by atoms with Crippen LogP contribution in [0.2, 0.25) is 0 Å². The predicted molar refractivity (Wildman–Crippen MR) is 85.0 cm³/mol. The molecule has 0 saturated heterocycles. The van der Waals surface area contributed by atoms with Crippen LogP contribution >= 0.6 is 0 Å². The fourth-order valence-electron chi connectivity index (χ4n) is 3.14. The lowest BCUT2D eigenvalue weighted by atomic mass is 9.72. The van der Waals surface area contributed by atoms with Crippen LogP contribution in [0.25, 0.3) is 10.4 Å². The van der Waals surface area contributed by atoms with E-state index >= 15 is 0 Å². The molecule has 0 heterocycles. The number of rotatable bonds is 3. The smallest absolute Gasteiger partial charge is 0.0738 e. The molecular formula is C17H25N3O. The van der Waals surface area contributed by atoms with Gasteiger partial charge in [-0.2, -0.15) is 0 Å². The maximum Gasteiger partial charge on any atom is 0.0738 e. The molecule has 114 valence electrons. The Morgan fingerprint density at radius 3 is 2.52 bits per heavy atom. The van der Waals surface area contributed by atoms with Crippen LogP contribution in [0.5, 0.6) is 0 Å². The Balaban J connectivity index is 2.38. The highest BCUT2D eigenvalue weighted by molar-refractivity contribution is 5.34. The van der Waals surface area contributed by atoms with E-state index in [1.165, 1.54) is 5.56 Å². The molecule has 4 heteroatoms. The van der Waals surface area contributed by atoms with E-state index in [1.807, 2.05) is 0 Å². The SMILES string of the molecule is CC(C)(C)c1cccc(C2(N=[N+]=[N-])CCC(CO)CC2)c1. The number of aliphatic hydroxyl groups excluding tert-OH is 1. The number of azide groups is 1. The minimum atomic E-state index is -0.443. The van der Waals surface area contributed by atoms with Gasteiger partial charge in [-0.3, -0.25) is 0 Å². The third-order valence-electron chi connectivity index (χ3n) is 4.69. The van der Waals surface area contributed by atoms with Gasteiger partial charge in [0.15, 0.2) is 0 Å². The van der Waals surface area contributed by atoms with Crippen LogP contribution in [-0.2, 0) is 11.0 Å². The van der Waals surface area contributed by atoms with Crippen molar-refractivity contribution in [2.24, 2.45) is 11.0 Å². The monoisotopic (exact) mass is 287 g/mol. The molecule has 1 aromatic rings. The lowest BCUT2D eigenvalue weighted by Crippen LogP contribution is -2.31. The van der Waals surface area contributed by atoms with Gasteiger partial charge in [0.05, 0.1) is 5.54 Å². The van der Waals surface area contributed by atoms with Crippen molar-refractivity contribution in [3.63, 3.8) is 0 Å². The van der Waals surface area contributed by atoms with Gasteiger partial charge in [0.2, 0.25) is 0 Å². The van der Waals surface area contributed by atoms with Crippen LogP contribution in [0.15, 0.2) is 29.4 Å². The number of nitrogens with zero attached hydrogens (tertiary/aromatic N) is 3. The van der Waals surface area contributed by atoms with Crippen molar-refractivity contribution in [3.05, 3.63) is 45.8 Å². The third-order valence-corrected chi connectivity index (χ3v) is 4.69. The molecule has 2 rings (SSSR count). The summed E-state index contributed by atoms with van der Waals surface area (Å²) in [5.74, 6) is 0.345. The second-order valence-corrected chi connectivity index (χ2v) is 7.18. The summed E-state index contributed by atoms with van der Waals surface area (Å²) in [6.45, 7) is 6.80. The lowest BCUT2D eigenvalue weighted by Gasteiger charge is -2.37. The summed E-state index contributed by atoms with van der Waals surface area (Å²) >= 11 is 0. The molecule has 1 saturated carbocycles. The standard InChI is InChI=1S/C17H25N3O/c1-16(2,3)14-5-4-6-15(11-14)17(19-20-18)9-7-13(12-21)8-10-17/h4-6,11,13,21H,7-10,12H2,1-3H3. The summed E-state index contributed by atoms with van der Waals surface area (Å²) in [5, 5.41) is 13.5. The quantitative estimate of drug-likeness (QED) is 0.490. The maximum absolute atomic E-state index is 9.31. The number of aliphatic hydroxyl groups is 1. The van der Waals surface area contributed by atoms with Crippen molar-refractivity contribution in [2.75, 3.05) is 6.61 Å². The van der Waals surface area contributed by atoms with Gasteiger partial charge < -0.3 is 5.11 Å². The first-order valence-electron chi connectivity index (χ1n) is 7.69. The summed E-state index contributed by atoms with van der Waals surface area (Å²) in [7, 11) is 0. The number of hydrogen-bond donors (Lipinski definition) is 1. The van der Waals surface area contributed by atoms with Gasteiger partial charge in [0, 0.05) is 11.5 Å². The maximum atomic E-state index is 9.31. The van der Waals surface area contributed by atoms with Crippen LogP contribution in [-0.4, -0.2) is 11.7 Å². The summed E-state index contributed by atoms with van der Waals surface area (Å²) < 4.78 is 0. The molecule has 0 aromatic heterocycles. The van der Waals surface area contributed by atoms with Gasteiger partial charge in [0.25, 0.3) is 0 Å². The van der Waals surface area contributed by atoms with E-state index in [2.05, 4.69) is 55.1 Å². The highest BCUT2D eigenvalue weighted by Crippen LogP contribution is 2.43. The van der Waals surface area contributed by atoms with Crippen LogP contribution in [0, 0.1) is 5.92 Å². The number of benzene rings is 1. The lowest BCUT2D eigenvalue weighted by molar-refractivity contribution is 0.153. The van der Waals surface area contributed by atoms with E-state index in [0.29, 0.717) is 5.92 Å². The molecule has 1 fully saturated rings.